The van der Waals surface area contributed by atoms with Crippen LogP contribution in [0.4, 0.5) is 0 Å². The van der Waals surface area contributed by atoms with Crippen LogP contribution in [0.2, 0.25) is 0 Å². The lowest BCUT2D eigenvalue weighted by atomic mass is 9.99. The third kappa shape index (κ3) is 4.52. The fourth-order valence-electron chi connectivity index (χ4n) is 3.55. The van der Waals surface area contributed by atoms with Crippen molar-refractivity contribution in [2.24, 2.45) is 13.0 Å². The van der Waals surface area contributed by atoms with E-state index in [2.05, 4.69) is 32.4 Å². The first kappa shape index (κ1) is 21.6. The molecule has 0 spiro atoms. The van der Waals surface area contributed by atoms with Crippen LogP contribution in [0.3, 0.4) is 0 Å². The number of hydrogen-bond donors (Lipinski definition) is 1. The number of aromatic nitrogens is 5. The van der Waals surface area contributed by atoms with Gasteiger partial charge in [0.2, 0.25) is 5.82 Å². The van der Waals surface area contributed by atoms with Crippen LogP contribution >= 0.6 is 0 Å². The molecule has 11 heteroatoms. The first-order chi connectivity index (χ1) is 15.4. The maximum atomic E-state index is 12.6. The van der Waals surface area contributed by atoms with E-state index in [4.69, 9.17) is 4.52 Å². The van der Waals surface area contributed by atoms with E-state index in [-0.39, 0.29) is 17.4 Å². The van der Waals surface area contributed by atoms with Gasteiger partial charge in [0.05, 0.1) is 5.69 Å². The number of carbonyl (C=O) groups excluding carboxylic acids is 1. The molecule has 1 amide bonds. The number of carbonyl (C=O) groups is 1. The Morgan fingerprint density at radius 1 is 1.19 bits per heavy atom. The number of hydrogen-bond acceptors (Lipinski definition) is 8. The molecule has 0 atom stereocenters. The summed E-state index contributed by atoms with van der Waals surface area (Å²) in [4.78, 5) is 43.8. The Balaban J connectivity index is 1.49. The molecular formula is C21H25N7O4. The second-order valence-corrected chi connectivity index (χ2v) is 7.95. The minimum Gasteiger partial charge on any atom is -0.347 e. The summed E-state index contributed by atoms with van der Waals surface area (Å²) in [5, 5.41) is 10.6. The standard InChI is InChI=1S/C21H25N7O4/c1-14-8-11-27(12-9-14)13-10-22-18(29)19-23-17(25-32-19)16-20(30)26(2)21(31)28(24-16)15-6-4-3-5-7-15/h3-7,14H,8-13H2,1-2H3,(H,22,29). The lowest BCUT2D eigenvalue weighted by molar-refractivity contribution is 0.0901. The molecule has 1 N–H and O–H groups in total. The largest absolute Gasteiger partial charge is 0.351 e. The molecule has 1 aliphatic heterocycles. The van der Waals surface area contributed by atoms with Crippen molar-refractivity contribution in [2.45, 2.75) is 19.8 Å². The van der Waals surface area contributed by atoms with Gasteiger partial charge in [-0.2, -0.15) is 14.8 Å². The smallest absolute Gasteiger partial charge is 0.347 e. The Morgan fingerprint density at radius 2 is 1.91 bits per heavy atom. The first-order valence-corrected chi connectivity index (χ1v) is 10.5. The second-order valence-electron chi connectivity index (χ2n) is 7.95. The Labute approximate surface area is 183 Å². The van der Waals surface area contributed by atoms with Crippen molar-refractivity contribution in [3.05, 3.63) is 57.1 Å². The first-order valence-electron chi connectivity index (χ1n) is 10.5. The van der Waals surface area contributed by atoms with E-state index in [1.165, 1.54) is 7.05 Å². The number of nitrogens with zero attached hydrogens (tertiary/aromatic N) is 6. The normalized spacial score (nSPS) is 15.1. The van der Waals surface area contributed by atoms with Crippen LogP contribution in [0.25, 0.3) is 17.2 Å². The van der Waals surface area contributed by atoms with Crippen molar-refractivity contribution in [1.29, 1.82) is 0 Å². The summed E-state index contributed by atoms with van der Waals surface area (Å²) in [6.07, 6.45) is 2.32. The van der Waals surface area contributed by atoms with E-state index in [0.29, 0.717) is 12.2 Å². The minimum atomic E-state index is -0.686. The molecule has 0 saturated carbocycles. The Bertz CT molecular complexity index is 1210. The lowest BCUT2D eigenvalue weighted by Gasteiger charge is -2.29. The molecule has 11 nitrogen and oxygen atoms in total. The monoisotopic (exact) mass is 439 g/mol. The zero-order chi connectivity index (χ0) is 22.7. The third-order valence-corrected chi connectivity index (χ3v) is 5.60. The maximum absolute atomic E-state index is 12.6. The van der Waals surface area contributed by atoms with Crippen LogP contribution in [-0.2, 0) is 7.05 Å². The van der Waals surface area contributed by atoms with Crippen molar-refractivity contribution in [1.82, 2.24) is 34.7 Å². The molecule has 2 aromatic heterocycles. The van der Waals surface area contributed by atoms with Gasteiger partial charge in [0.25, 0.3) is 5.56 Å². The second kappa shape index (κ2) is 9.27. The van der Waals surface area contributed by atoms with Crippen molar-refractivity contribution >= 4 is 5.91 Å². The fraction of sp³-hybridized carbons (Fsp3) is 0.429. The van der Waals surface area contributed by atoms with Crippen molar-refractivity contribution in [3.8, 4) is 17.2 Å². The number of amides is 1. The summed E-state index contributed by atoms with van der Waals surface area (Å²) in [5.41, 5.74) is -1.02. The van der Waals surface area contributed by atoms with Gasteiger partial charge in [0.15, 0.2) is 5.69 Å². The van der Waals surface area contributed by atoms with E-state index < -0.39 is 17.2 Å². The van der Waals surface area contributed by atoms with Crippen LogP contribution in [0.1, 0.15) is 30.5 Å². The minimum absolute atomic E-state index is 0.162. The van der Waals surface area contributed by atoms with Crippen LogP contribution in [0.15, 0.2) is 44.4 Å². The number of piperidine rings is 1. The Kier molecular flexibility index (Phi) is 6.26. The number of benzene rings is 1. The van der Waals surface area contributed by atoms with E-state index in [0.717, 1.165) is 47.6 Å². The van der Waals surface area contributed by atoms with Gasteiger partial charge in [-0.25, -0.2) is 4.79 Å². The van der Waals surface area contributed by atoms with Gasteiger partial charge in [-0.3, -0.25) is 14.2 Å². The number of rotatable bonds is 6. The summed E-state index contributed by atoms with van der Waals surface area (Å²) in [6.45, 7) is 5.48. The van der Waals surface area contributed by atoms with Crippen LogP contribution in [0.5, 0.6) is 0 Å². The molecule has 32 heavy (non-hydrogen) atoms. The fourth-order valence-corrected chi connectivity index (χ4v) is 3.55. The van der Waals surface area contributed by atoms with Crippen molar-refractivity contribution in [3.63, 3.8) is 0 Å². The highest BCUT2D eigenvalue weighted by atomic mass is 16.5. The Hall–Kier alpha value is -3.60. The molecule has 0 bridgehead atoms. The Morgan fingerprint density at radius 3 is 2.62 bits per heavy atom. The molecule has 1 aliphatic rings. The van der Waals surface area contributed by atoms with Gasteiger partial charge in [-0.1, -0.05) is 30.3 Å². The average molecular weight is 439 g/mol. The number of likely N-dealkylation sites (tertiary alicyclic amines) is 1. The predicted molar refractivity (Wildman–Crippen MR) is 116 cm³/mol. The van der Waals surface area contributed by atoms with Crippen LogP contribution in [0, 0.1) is 5.92 Å². The molecular weight excluding hydrogens is 414 g/mol. The number of para-hydroxylation sites is 1. The highest BCUT2D eigenvalue weighted by molar-refractivity contribution is 5.89. The summed E-state index contributed by atoms with van der Waals surface area (Å²) in [5.74, 6) is -0.211. The molecule has 0 radical (unpaired) electrons. The third-order valence-electron chi connectivity index (χ3n) is 5.60. The lowest BCUT2D eigenvalue weighted by Crippen LogP contribution is -2.40. The SMILES string of the molecule is CC1CCN(CCNC(=O)c2nc(-c3nn(-c4ccccc4)c(=O)n(C)c3=O)no2)CC1. The van der Waals surface area contributed by atoms with Crippen LogP contribution < -0.4 is 16.6 Å². The van der Waals surface area contributed by atoms with E-state index >= 15 is 0 Å². The van der Waals surface area contributed by atoms with E-state index in [1.807, 2.05) is 0 Å². The van der Waals surface area contributed by atoms with Gasteiger partial charge >= 0.3 is 17.5 Å². The summed E-state index contributed by atoms with van der Waals surface area (Å²) in [6, 6.07) is 8.65. The van der Waals surface area contributed by atoms with Gasteiger partial charge in [0, 0.05) is 20.1 Å². The van der Waals surface area contributed by atoms with E-state index in [9.17, 15) is 14.4 Å². The van der Waals surface area contributed by atoms with Gasteiger partial charge in [-0.15, -0.1) is 0 Å². The molecule has 1 saturated heterocycles. The molecule has 3 heterocycles. The van der Waals surface area contributed by atoms with E-state index in [1.54, 1.807) is 30.3 Å². The highest BCUT2D eigenvalue weighted by Crippen LogP contribution is 2.15. The molecule has 3 aromatic rings. The number of nitrogens with one attached hydrogen (secondary N) is 1. The van der Waals surface area contributed by atoms with Crippen molar-refractivity contribution in [2.75, 3.05) is 26.2 Å². The average Bonchev–Trinajstić information content (AvgIpc) is 3.30. The quantitative estimate of drug-likeness (QED) is 0.586. The van der Waals surface area contributed by atoms with Crippen LogP contribution in [-0.4, -0.2) is 61.5 Å². The summed E-state index contributed by atoms with van der Waals surface area (Å²) in [7, 11) is 1.34. The van der Waals surface area contributed by atoms with Gasteiger partial charge in [-0.05, 0) is 44.0 Å². The zero-order valence-electron chi connectivity index (χ0n) is 18.0. The molecule has 1 fully saturated rings. The van der Waals surface area contributed by atoms with Gasteiger partial charge in [0.1, 0.15) is 0 Å². The highest BCUT2D eigenvalue weighted by Gasteiger charge is 2.22. The zero-order valence-corrected chi connectivity index (χ0v) is 18.0. The van der Waals surface area contributed by atoms with Gasteiger partial charge < -0.3 is 14.7 Å². The molecule has 168 valence electrons. The molecule has 0 aliphatic carbocycles. The topological polar surface area (TPSA) is 128 Å². The summed E-state index contributed by atoms with van der Waals surface area (Å²) < 4.78 is 7.03. The maximum Gasteiger partial charge on any atom is 0.351 e. The van der Waals surface area contributed by atoms with Crippen molar-refractivity contribution < 1.29 is 9.32 Å². The predicted octanol–water partition coefficient (Wildman–Crippen LogP) is 0.443. The summed E-state index contributed by atoms with van der Waals surface area (Å²) >= 11 is 0. The molecule has 0 unspecified atom stereocenters. The molecule has 4 rings (SSSR count). The molecule has 1 aromatic carbocycles.